The average molecular weight is 465 g/mol. The molecule has 7 nitrogen and oxygen atoms in total. The second kappa shape index (κ2) is 10.5. The summed E-state index contributed by atoms with van der Waals surface area (Å²) in [7, 11) is -2.28. The van der Waals surface area contributed by atoms with Gasteiger partial charge in [-0.1, -0.05) is 18.2 Å². The van der Waals surface area contributed by atoms with Crippen molar-refractivity contribution in [2.45, 2.75) is 30.1 Å². The lowest BCUT2D eigenvalue weighted by Crippen LogP contribution is -2.44. The van der Waals surface area contributed by atoms with Crippen molar-refractivity contribution in [3.8, 4) is 0 Å². The lowest BCUT2D eigenvalue weighted by atomic mass is 9.74. The molecule has 174 valence electrons. The third-order valence-corrected chi connectivity index (χ3v) is 7.30. The van der Waals surface area contributed by atoms with E-state index in [1.165, 1.54) is 31.4 Å². The number of carbonyl (C=O) groups excluding carboxylic acids is 1. The van der Waals surface area contributed by atoms with Gasteiger partial charge in [-0.15, -0.1) is 0 Å². The Balaban J connectivity index is 1.80. The van der Waals surface area contributed by atoms with E-state index < -0.39 is 15.4 Å². The van der Waals surface area contributed by atoms with Gasteiger partial charge in [0.05, 0.1) is 11.5 Å². The van der Waals surface area contributed by atoms with Crippen LogP contribution in [0, 0.1) is 12.7 Å². The van der Waals surface area contributed by atoms with Gasteiger partial charge in [-0.3, -0.25) is 4.79 Å². The van der Waals surface area contributed by atoms with Crippen molar-refractivity contribution in [3.63, 3.8) is 0 Å². The van der Waals surface area contributed by atoms with Crippen LogP contribution in [0.4, 0.5) is 4.39 Å². The normalized spacial score (nSPS) is 16.0. The first-order valence-corrected chi connectivity index (χ1v) is 12.0. The molecule has 0 spiro atoms. The molecule has 1 aliphatic rings. The zero-order valence-electron chi connectivity index (χ0n) is 18.3. The van der Waals surface area contributed by atoms with Crippen molar-refractivity contribution in [1.29, 1.82) is 0 Å². The smallest absolute Gasteiger partial charge is 0.251 e. The number of rotatable bonds is 9. The Hall–Kier alpha value is -2.33. The lowest BCUT2D eigenvalue weighted by molar-refractivity contribution is 0.0486. The summed E-state index contributed by atoms with van der Waals surface area (Å²) in [4.78, 5) is 13.0. The van der Waals surface area contributed by atoms with Crippen LogP contribution in [0.15, 0.2) is 47.4 Å². The maximum Gasteiger partial charge on any atom is 0.251 e. The number of hydrogen-bond acceptors (Lipinski definition) is 5. The highest BCUT2D eigenvalue weighted by Gasteiger charge is 2.35. The number of benzene rings is 2. The first kappa shape index (κ1) is 24.3. The van der Waals surface area contributed by atoms with Crippen molar-refractivity contribution in [2.24, 2.45) is 0 Å². The van der Waals surface area contributed by atoms with Crippen LogP contribution in [0.1, 0.15) is 34.3 Å². The Morgan fingerprint density at radius 3 is 2.62 bits per heavy atom. The molecule has 0 bridgehead atoms. The third-order valence-electron chi connectivity index (χ3n) is 5.84. The molecule has 1 fully saturated rings. The lowest BCUT2D eigenvalue weighted by Gasteiger charge is -2.38. The molecule has 1 saturated heterocycles. The average Bonchev–Trinajstić information content (AvgIpc) is 2.78. The van der Waals surface area contributed by atoms with Crippen LogP contribution >= 0.6 is 0 Å². The summed E-state index contributed by atoms with van der Waals surface area (Å²) in [5.74, 6) is -0.701. The highest BCUT2D eigenvalue weighted by atomic mass is 32.2. The number of methoxy groups -OCH3 is 1. The SMILES string of the molecule is COCCNS(=O)(=O)c1ccc(C)c(C(=O)NCC2(c3cccc(F)c3)CCOCC2)c1. The van der Waals surface area contributed by atoms with Crippen molar-refractivity contribution >= 4 is 15.9 Å². The van der Waals surface area contributed by atoms with Crippen LogP contribution in [-0.2, 0) is 24.9 Å². The number of ether oxygens (including phenoxy) is 2. The highest BCUT2D eigenvalue weighted by molar-refractivity contribution is 7.89. The predicted octanol–water partition coefficient (Wildman–Crippen LogP) is 2.54. The molecule has 1 amide bonds. The molecule has 2 aromatic rings. The summed E-state index contributed by atoms with van der Waals surface area (Å²) in [5.41, 5.74) is 1.30. The second-order valence-electron chi connectivity index (χ2n) is 7.95. The molecule has 0 atom stereocenters. The van der Waals surface area contributed by atoms with Crippen molar-refractivity contribution in [3.05, 3.63) is 65.0 Å². The van der Waals surface area contributed by atoms with E-state index in [1.54, 1.807) is 19.1 Å². The highest BCUT2D eigenvalue weighted by Crippen LogP contribution is 2.34. The third kappa shape index (κ3) is 5.72. The van der Waals surface area contributed by atoms with E-state index in [2.05, 4.69) is 10.0 Å². The van der Waals surface area contributed by atoms with Gasteiger partial charge in [-0.25, -0.2) is 17.5 Å². The van der Waals surface area contributed by atoms with E-state index in [-0.39, 0.29) is 35.3 Å². The van der Waals surface area contributed by atoms with Gasteiger partial charge in [0.15, 0.2) is 0 Å². The summed E-state index contributed by atoms with van der Waals surface area (Å²) in [6, 6.07) is 10.9. The molecule has 0 saturated carbocycles. The minimum Gasteiger partial charge on any atom is -0.383 e. The van der Waals surface area contributed by atoms with Gasteiger partial charge in [0.25, 0.3) is 5.91 Å². The molecule has 1 aliphatic heterocycles. The van der Waals surface area contributed by atoms with Crippen LogP contribution in [0.25, 0.3) is 0 Å². The number of aryl methyl sites for hydroxylation is 1. The van der Waals surface area contributed by atoms with E-state index in [0.29, 0.717) is 38.2 Å². The van der Waals surface area contributed by atoms with E-state index >= 15 is 0 Å². The first-order chi connectivity index (χ1) is 15.3. The number of carbonyl (C=O) groups is 1. The molecule has 0 aromatic heterocycles. The van der Waals surface area contributed by atoms with Gasteiger partial charge < -0.3 is 14.8 Å². The number of halogens is 1. The largest absolute Gasteiger partial charge is 0.383 e. The fraction of sp³-hybridized carbons (Fsp3) is 0.435. The Morgan fingerprint density at radius 2 is 1.94 bits per heavy atom. The maximum absolute atomic E-state index is 13.9. The molecule has 9 heteroatoms. The maximum atomic E-state index is 13.9. The summed E-state index contributed by atoms with van der Waals surface area (Å²) >= 11 is 0. The zero-order chi connectivity index (χ0) is 23.2. The Morgan fingerprint density at radius 1 is 1.19 bits per heavy atom. The van der Waals surface area contributed by atoms with Crippen molar-refractivity contribution in [2.75, 3.05) is 40.0 Å². The summed E-state index contributed by atoms with van der Waals surface area (Å²) < 4.78 is 51.7. The zero-order valence-corrected chi connectivity index (χ0v) is 19.1. The Labute approximate surface area is 188 Å². The van der Waals surface area contributed by atoms with E-state index in [1.807, 2.05) is 6.07 Å². The molecule has 1 heterocycles. The molecule has 0 unspecified atom stereocenters. The molecule has 2 aromatic carbocycles. The Bertz CT molecular complexity index is 1050. The van der Waals surface area contributed by atoms with Crippen LogP contribution < -0.4 is 10.0 Å². The van der Waals surface area contributed by atoms with Crippen LogP contribution in [0.5, 0.6) is 0 Å². The monoisotopic (exact) mass is 464 g/mol. The van der Waals surface area contributed by atoms with Crippen molar-refractivity contribution < 1.29 is 27.1 Å². The van der Waals surface area contributed by atoms with Gasteiger partial charge in [-0.2, -0.15) is 0 Å². The second-order valence-corrected chi connectivity index (χ2v) is 9.72. The predicted molar refractivity (Wildman–Crippen MR) is 119 cm³/mol. The van der Waals surface area contributed by atoms with E-state index in [9.17, 15) is 17.6 Å². The minimum atomic E-state index is -3.77. The van der Waals surface area contributed by atoms with Gasteiger partial charge in [0, 0.05) is 44.4 Å². The van der Waals surface area contributed by atoms with E-state index in [0.717, 1.165) is 5.56 Å². The molecular formula is C23H29FN2O5S. The quantitative estimate of drug-likeness (QED) is 0.557. The molecular weight excluding hydrogens is 435 g/mol. The number of hydrogen-bond donors (Lipinski definition) is 2. The fourth-order valence-corrected chi connectivity index (χ4v) is 4.91. The van der Waals surface area contributed by atoms with Crippen LogP contribution in [0.2, 0.25) is 0 Å². The first-order valence-electron chi connectivity index (χ1n) is 10.5. The minimum absolute atomic E-state index is 0.00950. The Kier molecular flexibility index (Phi) is 8.00. The van der Waals surface area contributed by atoms with E-state index in [4.69, 9.17) is 9.47 Å². The van der Waals surface area contributed by atoms with Gasteiger partial charge >= 0.3 is 0 Å². The van der Waals surface area contributed by atoms with Crippen LogP contribution in [0.3, 0.4) is 0 Å². The summed E-state index contributed by atoms with van der Waals surface area (Å²) in [6.45, 7) is 3.46. The standard InChI is InChI=1S/C23H29FN2O5S/c1-17-6-7-20(32(28,29)26-10-13-30-2)15-21(17)22(27)25-16-23(8-11-31-12-9-23)18-4-3-5-19(24)14-18/h3-7,14-15,26H,8-13,16H2,1-2H3,(H,25,27). The van der Waals surface area contributed by atoms with Gasteiger partial charge in [-0.05, 0) is 55.2 Å². The molecule has 3 rings (SSSR count). The van der Waals surface area contributed by atoms with Gasteiger partial charge in [0.1, 0.15) is 5.82 Å². The fourth-order valence-electron chi connectivity index (χ4n) is 3.87. The van der Waals surface area contributed by atoms with Gasteiger partial charge in [0.2, 0.25) is 10.0 Å². The molecule has 0 aliphatic carbocycles. The summed E-state index contributed by atoms with van der Waals surface area (Å²) in [6.07, 6.45) is 1.29. The number of amides is 1. The van der Waals surface area contributed by atoms with Crippen LogP contribution in [-0.4, -0.2) is 54.3 Å². The summed E-state index contributed by atoms with van der Waals surface area (Å²) in [5, 5.41) is 2.95. The topological polar surface area (TPSA) is 93.7 Å². The molecule has 0 radical (unpaired) electrons. The molecule has 32 heavy (non-hydrogen) atoms. The molecule has 2 N–H and O–H groups in total. The number of nitrogens with one attached hydrogen (secondary N) is 2. The van der Waals surface area contributed by atoms with Crippen molar-refractivity contribution in [1.82, 2.24) is 10.0 Å². The number of sulfonamides is 1.